The number of nitrogens with one attached hydrogen (secondary N) is 1. The van der Waals surface area contributed by atoms with Gasteiger partial charge in [-0.2, -0.15) is 0 Å². The van der Waals surface area contributed by atoms with Crippen LogP contribution in [0, 0.1) is 0 Å². The minimum absolute atomic E-state index is 0.527. The third kappa shape index (κ3) is 7.14. The fourth-order valence-corrected chi connectivity index (χ4v) is 1.99. The summed E-state index contributed by atoms with van der Waals surface area (Å²) in [6, 6.07) is 8.22. The number of benzene rings is 1. The second-order valence-electron chi connectivity index (χ2n) is 4.94. The second kappa shape index (κ2) is 10.3. The topological polar surface area (TPSA) is 59.6 Å². The summed E-state index contributed by atoms with van der Waals surface area (Å²) in [4.78, 5) is 4.36. The number of ether oxygens (including phenoxy) is 1. The first-order valence-corrected chi connectivity index (χ1v) is 7.36. The van der Waals surface area contributed by atoms with Gasteiger partial charge in [0, 0.05) is 13.7 Å². The molecule has 20 heavy (non-hydrogen) atoms. The Balaban J connectivity index is 2.32. The van der Waals surface area contributed by atoms with Gasteiger partial charge in [-0.1, -0.05) is 50.5 Å². The molecule has 0 radical (unpaired) electrons. The third-order valence-corrected chi connectivity index (χ3v) is 3.07. The van der Waals surface area contributed by atoms with Crippen molar-refractivity contribution in [3.8, 4) is 0 Å². The molecule has 0 aromatic heterocycles. The number of aliphatic imine (C=N–C) groups is 1. The highest BCUT2D eigenvalue weighted by Gasteiger charge is 1.96. The molecule has 0 aliphatic heterocycles. The number of nitrogens with two attached hydrogens (primary N) is 1. The van der Waals surface area contributed by atoms with Crippen molar-refractivity contribution < 1.29 is 4.74 Å². The first kappa shape index (κ1) is 16.5. The van der Waals surface area contributed by atoms with E-state index in [-0.39, 0.29) is 0 Å². The fraction of sp³-hybridized carbons (Fsp3) is 0.562. The zero-order valence-corrected chi connectivity index (χ0v) is 12.7. The summed E-state index contributed by atoms with van der Waals surface area (Å²) >= 11 is 0. The van der Waals surface area contributed by atoms with Crippen molar-refractivity contribution in [3.05, 3.63) is 35.4 Å². The van der Waals surface area contributed by atoms with Crippen LogP contribution in [0.1, 0.15) is 43.7 Å². The molecule has 0 heterocycles. The monoisotopic (exact) mass is 277 g/mol. The van der Waals surface area contributed by atoms with E-state index in [0.29, 0.717) is 19.1 Å². The quantitative estimate of drug-likeness (QED) is 0.414. The minimum Gasteiger partial charge on any atom is -0.380 e. The van der Waals surface area contributed by atoms with Crippen molar-refractivity contribution in [3.63, 3.8) is 0 Å². The predicted molar refractivity (Wildman–Crippen MR) is 84.6 cm³/mol. The van der Waals surface area contributed by atoms with E-state index in [0.717, 1.165) is 24.1 Å². The average Bonchev–Trinajstić information content (AvgIpc) is 2.46. The van der Waals surface area contributed by atoms with Gasteiger partial charge in [-0.15, -0.1) is 0 Å². The van der Waals surface area contributed by atoms with E-state index >= 15 is 0 Å². The number of unbranched alkanes of at least 4 members (excludes halogenated alkanes) is 3. The summed E-state index contributed by atoms with van der Waals surface area (Å²) in [6.07, 6.45) is 4.93. The number of methoxy groups -OCH3 is 1. The number of guanidine groups is 1. The summed E-state index contributed by atoms with van der Waals surface area (Å²) in [7, 11) is 1.70. The first-order valence-electron chi connectivity index (χ1n) is 7.36. The van der Waals surface area contributed by atoms with Crippen LogP contribution in [0.15, 0.2) is 29.3 Å². The molecule has 0 saturated heterocycles. The van der Waals surface area contributed by atoms with Crippen LogP contribution in [0.2, 0.25) is 0 Å². The van der Waals surface area contributed by atoms with Crippen molar-refractivity contribution in [1.29, 1.82) is 0 Å². The summed E-state index contributed by atoms with van der Waals surface area (Å²) in [5.41, 5.74) is 8.15. The standard InChI is InChI=1S/C16H27N3O/c1-3-4-5-6-10-18-16(17)19-12-14-8-7-9-15(11-14)13-20-2/h7-9,11H,3-6,10,12-13H2,1-2H3,(H3,17,18,19). The molecular weight excluding hydrogens is 250 g/mol. The van der Waals surface area contributed by atoms with Gasteiger partial charge in [0.05, 0.1) is 13.2 Å². The van der Waals surface area contributed by atoms with Gasteiger partial charge in [-0.25, -0.2) is 4.99 Å². The van der Waals surface area contributed by atoms with Crippen LogP contribution >= 0.6 is 0 Å². The van der Waals surface area contributed by atoms with E-state index in [1.54, 1.807) is 7.11 Å². The third-order valence-electron chi connectivity index (χ3n) is 3.07. The maximum absolute atomic E-state index is 5.85. The molecule has 3 N–H and O–H groups in total. The van der Waals surface area contributed by atoms with Crippen molar-refractivity contribution >= 4 is 5.96 Å². The first-order chi connectivity index (χ1) is 9.76. The maximum Gasteiger partial charge on any atom is 0.188 e. The molecular formula is C16H27N3O. The Hall–Kier alpha value is -1.55. The number of rotatable bonds is 9. The molecule has 1 aromatic rings. The lowest BCUT2D eigenvalue weighted by Gasteiger charge is -2.06. The largest absolute Gasteiger partial charge is 0.380 e. The Labute approximate surface area is 122 Å². The van der Waals surface area contributed by atoms with Crippen molar-refractivity contribution in [2.75, 3.05) is 13.7 Å². The second-order valence-corrected chi connectivity index (χ2v) is 4.94. The number of hydrogen-bond donors (Lipinski definition) is 2. The molecule has 0 unspecified atom stereocenters. The van der Waals surface area contributed by atoms with Gasteiger partial charge < -0.3 is 15.8 Å². The molecule has 1 aromatic carbocycles. The minimum atomic E-state index is 0.527. The summed E-state index contributed by atoms with van der Waals surface area (Å²) < 4.78 is 5.12. The van der Waals surface area contributed by atoms with Crippen LogP contribution in [-0.4, -0.2) is 19.6 Å². The lowest BCUT2D eigenvalue weighted by atomic mass is 10.1. The Morgan fingerprint density at radius 1 is 1.25 bits per heavy atom. The molecule has 4 heteroatoms. The summed E-state index contributed by atoms with van der Waals surface area (Å²) in [5.74, 6) is 0.527. The summed E-state index contributed by atoms with van der Waals surface area (Å²) in [5, 5.41) is 3.15. The van der Waals surface area contributed by atoms with Gasteiger partial charge >= 0.3 is 0 Å². The maximum atomic E-state index is 5.85. The molecule has 0 saturated carbocycles. The van der Waals surface area contributed by atoms with Gasteiger partial charge in [0.2, 0.25) is 0 Å². The van der Waals surface area contributed by atoms with Gasteiger partial charge in [0.1, 0.15) is 0 Å². The van der Waals surface area contributed by atoms with Crippen LogP contribution in [0.3, 0.4) is 0 Å². The van der Waals surface area contributed by atoms with E-state index in [1.165, 1.54) is 19.3 Å². The predicted octanol–water partition coefficient (Wildman–Crippen LogP) is 2.82. The SMILES string of the molecule is CCCCCCNC(N)=NCc1cccc(COC)c1. The van der Waals surface area contributed by atoms with E-state index in [2.05, 4.69) is 29.4 Å². The highest BCUT2D eigenvalue weighted by molar-refractivity contribution is 5.77. The van der Waals surface area contributed by atoms with Crippen LogP contribution in [0.5, 0.6) is 0 Å². The average molecular weight is 277 g/mol. The molecule has 0 amide bonds. The normalized spacial score (nSPS) is 11.6. The number of nitrogens with zero attached hydrogens (tertiary/aromatic N) is 1. The molecule has 0 bridgehead atoms. The van der Waals surface area contributed by atoms with E-state index in [1.807, 2.05) is 12.1 Å². The lowest BCUT2D eigenvalue weighted by molar-refractivity contribution is 0.185. The molecule has 0 atom stereocenters. The molecule has 0 spiro atoms. The van der Waals surface area contributed by atoms with Crippen molar-refractivity contribution in [2.24, 2.45) is 10.7 Å². The van der Waals surface area contributed by atoms with E-state index < -0.39 is 0 Å². The van der Waals surface area contributed by atoms with Crippen LogP contribution < -0.4 is 11.1 Å². The van der Waals surface area contributed by atoms with Gasteiger partial charge in [0.25, 0.3) is 0 Å². The van der Waals surface area contributed by atoms with E-state index in [9.17, 15) is 0 Å². The molecule has 112 valence electrons. The molecule has 0 aliphatic rings. The zero-order chi connectivity index (χ0) is 14.6. The van der Waals surface area contributed by atoms with Crippen LogP contribution in [-0.2, 0) is 17.9 Å². The van der Waals surface area contributed by atoms with Gasteiger partial charge in [0.15, 0.2) is 5.96 Å². The Kier molecular flexibility index (Phi) is 8.47. The van der Waals surface area contributed by atoms with Crippen LogP contribution in [0.4, 0.5) is 0 Å². The van der Waals surface area contributed by atoms with Crippen molar-refractivity contribution in [2.45, 2.75) is 45.8 Å². The van der Waals surface area contributed by atoms with Gasteiger partial charge in [-0.05, 0) is 17.5 Å². The summed E-state index contributed by atoms with van der Waals surface area (Å²) in [6.45, 7) is 4.34. The molecule has 1 rings (SSSR count). The highest BCUT2D eigenvalue weighted by atomic mass is 16.5. The zero-order valence-electron chi connectivity index (χ0n) is 12.7. The molecule has 4 nitrogen and oxygen atoms in total. The number of hydrogen-bond acceptors (Lipinski definition) is 2. The van der Waals surface area contributed by atoms with Gasteiger partial charge in [-0.3, -0.25) is 0 Å². The fourth-order valence-electron chi connectivity index (χ4n) is 1.99. The van der Waals surface area contributed by atoms with Crippen molar-refractivity contribution in [1.82, 2.24) is 5.32 Å². The smallest absolute Gasteiger partial charge is 0.188 e. The Bertz CT molecular complexity index is 404. The molecule has 0 fully saturated rings. The Morgan fingerprint density at radius 2 is 2.05 bits per heavy atom. The molecule has 0 aliphatic carbocycles. The van der Waals surface area contributed by atoms with E-state index in [4.69, 9.17) is 10.5 Å². The lowest BCUT2D eigenvalue weighted by Crippen LogP contribution is -2.32. The van der Waals surface area contributed by atoms with Crippen LogP contribution in [0.25, 0.3) is 0 Å². The highest BCUT2D eigenvalue weighted by Crippen LogP contribution is 2.07. The Morgan fingerprint density at radius 3 is 2.80 bits per heavy atom.